The number of carbonyl (C=O) groups is 1. The van der Waals surface area contributed by atoms with E-state index in [2.05, 4.69) is 45.6 Å². The molecule has 1 heterocycles. The van der Waals surface area contributed by atoms with Gasteiger partial charge in [-0.3, -0.25) is 4.79 Å². The Morgan fingerprint density at radius 1 is 0.886 bits per heavy atom. The van der Waals surface area contributed by atoms with Crippen LogP contribution < -0.4 is 4.65 Å². The van der Waals surface area contributed by atoms with Crippen molar-refractivity contribution in [3.63, 3.8) is 0 Å². The van der Waals surface area contributed by atoms with Crippen molar-refractivity contribution in [1.82, 2.24) is 4.57 Å². The first kappa shape index (κ1) is 22.6. The molecular formula is C29H22BF2NO2. The number of aryl methyl sites for hydroxylation is 1. The second-order valence-electron chi connectivity index (χ2n) is 8.44. The highest BCUT2D eigenvalue weighted by molar-refractivity contribution is 6.35. The van der Waals surface area contributed by atoms with E-state index < -0.39 is 13.3 Å². The minimum Gasteiger partial charge on any atom is -0.505 e. The molecule has 0 bridgehead atoms. The van der Waals surface area contributed by atoms with Crippen LogP contribution in [0.2, 0.25) is 0 Å². The maximum absolute atomic E-state index is 12.8. The zero-order valence-electron chi connectivity index (χ0n) is 19.1. The fourth-order valence-corrected chi connectivity index (χ4v) is 4.40. The van der Waals surface area contributed by atoms with Crippen LogP contribution in [-0.4, -0.2) is 17.8 Å². The molecule has 0 atom stereocenters. The predicted octanol–water partition coefficient (Wildman–Crippen LogP) is 7.35. The number of fused-ring (bicyclic) bond motifs is 3. The van der Waals surface area contributed by atoms with Gasteiger partial charge in [0.2, 0.25) is 0 Å². The lowest BCUT2D eigenvalue weighted by molar-refractivity contribution is 0.104. The molecule has 0 saturated heterocycles. The number of halogens is 2. The van der Waals surface area contributed by atoms with Gasteiger partial charge in [0.1, 0.15) is 5.75 Å². The largest absolute Gasteiger partial charge is 0.796 e. The summed E-state index contributed by atoms with van der Waals surface area (Å²) in [6.07, 6.45) is 3.10. The Morgan fingerprint density at radius 3 is 2.43 bits per heavy atom. The summed E-state index contributed by atoms with van der Waals surface area (Å²) in [6, 6.07) is 29.3. The van der Waals surface area contributed by atoms with Crippen LogP contribution in [0.3, 0.4) is 0 Å². The van der Waals surface area contributed by atoms with E-state index >= 15 is 0 Å². The SMILES string of the molecule is Cc1ccc(C(=O)/C=C/c2ccc3c(c2)c2ccccc2n3Cc2ccccc2)c(OB(F)F)c1. The van der Waals surface area contributed by atoms with Gasteiger partial charge in [-0.25, -0.2) is 8.63 Å². The molecule has 0 amide bonds. The lowest BCUT2D eigenvalue weighted by Crippen LogP contribution is -2.11. The van der Waals surface area contributed by atoms with Gasteiger partial charge in [0, 0.05) is 28.4 Å². The highest BCUT2D eigenvalue weighted by atomic mass is 19.2. The zero-order chi connectivity index (χ0) is 24.4. The Labute approximate surface area is 202 Å². The molecule has 0 radical (unpaired) electrons. The molecule has 35 heavy (non-hydrogen) atoms. The molecule has 5 aromatic rings. The van der Waals surface area contributed by atoms with Gasteiger partial charge < -0.3 is 9.22 Å². The standard InChI is InChI=1S/C29H22BF2NO2/c1-20-11-14-24(29(17-20)35-30(31)32)28(34)16-13-21-12-15-27-25(18-21)23-9-5-6-10-26(23)33(27)19-22-7-3-2-4-8-22/h2-18H,19H2,1H3/b16-13+. The third-order valence-electron chi connectivity index (χ3n) is 6.03. The van der Waals surface area contributed by atoms with Crippen molar-refractivity contribution in [2.75, 3.05) is 0 Å². The van der Waals surface area contributed by atoms with Gasteiger partial charge in [0.05, 0.1) is 5.56 Å². The smallest absolute Gasteiger partial charge is 0.505 e. The molecule has 0 aliphatic carbocycles. The van der Waals surface area contributed by atoms with Crippen LogP contribution >= 0.6 is 0 Å². The Morgan fingerprint density at radius 2 is 1.63 bits per heavy atom. The van der Waals surface area contributed by atoms with Crippen LogP contribution in [0, 0.1) is 6.92 Å². The van der Waals surface area contributed by atoms with Crippen molar-refractivity contribution in [3.05, 3.63) is 119 Å². The molecule has 0 N–H and O–H groups in total. The van der Waals surface area contributed by atoms with Crippen LogP contribution in [0.15, 0.2) is 97.1 Å². The van der Waals surface area contributed by atoms with Gasteiger partial charge in [0.25, 0.3) is 0 Å². The van der Waals surface area contributed by atoms with E-state index in [1.54, 1.807) is 19.1 Å². The maximum atomic E-state index is 12.8. The van der Waals surface area contributed by atoms with Crippen LogP contribution in [0.5, 0.6) is 5.75 Å². The number of hydrogen-bond acceptors (Lipinski definition) is 2. The van der Waals surface area contributed by atoms with E-state index in [0.29, 0.717) is 0 Å². The zero-order valence-corrected chi connectivity index (χ0v) is 19.1. The molecule has 4 aromatic carbocycles. The molecule has 0 unspecified atom stereocenters. The van der Waals surface area contributed by atoms with E-state index in [-0.39, 0.29) is 11.3 Å². The summed E-state index contributed by atoms with van der Waals surface area (Å²) in [5, 5.41) is 2.22. The summed E-state index contributed by atoms with van der Waals surface area (Å²) in [7, 11) is -3.00. The predicted molar refractivity (Wildman–Crippen MR) is 138 cm³/mol. The molecule has 0 aliphatic rings. The number of aromatic nitrogens is 1. The fraction of sp³-hybridized carbons (Fsp3) is 0.0690. The lowest BCUT2D eigenvalue weighted by Gasteiger charge is -2.09. The molecule has 0 fully saturated rings. The molecule has 3 nitrogen and oxygen atoms in total. The summed E-state index contributed by atoms with van der Waals surface area (Å²) in [4.78, 5) is 12.8. The number of para-hydroxylation sites is 1. The minimum atomic E-state index is -3.00. The minimum absolute atomic E-state index is 0.104. The molecule has 1 aromatic heterocycles. The van der Waals surface area contributed by atoms with E-state index in [1.165, 1.54) is 23.8 Å². The Kier molecular flexibility index (Phi) is 6.19. The van der Waals surface area contributed by atoms with Gasteiger partial charge in [-0.15, -0.1) is 0 Å². The van der Waals surface area contributed by atoms with Crippen molar-refractivity contribution >= 4 is 41.1 Å². The van der Waals surface area contributed by atoms with Crippen molar-refractivity contribution in [3.8, 4) is 5.75 Å². The molecular weight excluding hydrogens is 443 g/mol. The number of nitrogens with zero attached hydrogens (tertiary/aromatic N) is 1. The average molecular weight is 465 g/mol. The van der Waals surface area contributed by atoms with Crippen LogP contribution in [0.1, 0.15) is 27.0 Å². The molecule has 0 saturated carbocycles. The summed E-state index contributed by atoms with van der Waals surface area (Å²) >= 11 is 0. The van der Waals surface area contributed by atoms with E-state index in [1.807, 2.05) is 36.4 Å². The third-order valence-corrected chi connectivity index (χ3v) is 6.03. The lowest BCUT2D eigenvalue weighted by atomic mass is 10.0. The fourth-order valence-electron chi connectivity index (χ4n) is 4.40. The van der Waals surface area contributed by atoms with E-state index in [9.17, 15) is 13.4 Å². The molecule has 5 rings (SSSR count). The Hall–Kier alpha value is -4.19. The highest BCUT2D eigenvalue weighted by Gasteiger charge is 2.21. The van der Waals surface area contributed by atoms with Gasteiger partial charge in [-0.05, 0) is 60.0 Å². The monoisotopic (exact) mass is 465 g/mol. The van der Waals surface area contributed by atoms with Gasteiger partial charge in [-0.1, -0.05) is 66.7 Å². The van der Waals surface area contributed by atoms with Crippen molar-refractivity contribution in [2.45, 2.75) is 13.5 Å². The topological polar surface area (TPSA) is 31.2 Å². The number of carbonyl (C=O) groups excluding carboxylic acids is 1. The van der Waals surface area contributed by atoms with Crippen LogP contribution in [-0.2, 0) is 6.54 Å². The maximum Gasteiger partial charge on any atom is 0.796 e. The first-order valence-corrected chi connectivity index (χ1v) is 11.3. The summed E-state index contributed by atoms with van der Waals surface area (Å²) in [5.41, 5.74) is 5.13. The first-order chi connectivity index (χ1) is 17.0. The van der Waals surface area contributed by atoms with Crippen molar-refractivity contribution in [2.24, 2.45) is 0 Å². The molecule has 6 heteroatoms. The highest BCUT2D eigenvalue weighted by Crippen LogP contribution is 2.31. The average Bonchev–Trinajstić information content (AvgIpc) is 3.16. The number of hydrogen-bond donors (Lipinski definition) is 0. The second kappa shape index (κ2) is 9.59. The Balaban J connectivity index is 1.50. The Bertz CT molecular complexity index is 1560. The van der Waals surface area contributed by atoms with Gasteiger partial charge in [-0.2, -0.15) is 0 Å². The number of allylic oxidation sites excluding steroid dienone is 1. The quantitative estimate of drug-likeness (QED) is 0.143. The van der Waals surface area contributed by atoms with Crippen molar-refractivity contribution < 1.29 is 18.1 Å². The van der Waals surface area contributed by atoms with Crippen LogP contribution in [0.4, 0.5) is 8.63 Å². The van der Waals surface area contributed by atoms with Gasteiger partial charge in [0.15, 0.2) is 5.78 Å². The number of rotatable bonds is 7. The van der Waals surface area contributed by atoms with E-state index in [0.717, 1.165) is 39.5 Å². The van der Waals surface area contributed by atoms with Gasteiger partial charge >= 0.3 is 7.47 Å². The summed E-state index contributed by atoms with van der Waals surface area (Å²) in [6.45, 7) is 2.50. The molecule has 0 spiro atoms. The number of ketones is 1. The first-order valence-electron chi connectivity index (χ1n) is 11.3. The van der Waals surface area contributed by atoms with E-state index in [4.69, 9.17) is 0 Å². The summed E-state index contributed by atoms with van der Waals surface area (Å²) < 4.78 is 32.5. The summed E-state index contributed by atoms with van der Waals surface area (Å²) in [5.74, 6) is -0.513. The van der Waals surface area contributed by atoms with Crippen molar-refractivity contribution in [1.29, 1.82) is 0 Å². The molecule has 0 aliphatic heterocycles. The van der Waals surface area contributed by atoms with Crippen LogP contribution in [0.25, 0.3) is 27.9 Å². The second-order valence-corrected chi connectivity index (χ2v) is 8.44. The number of benzene rings is 4. The molecule has 172 valence electrons. The normalized spacial score (nSPS) is 11.4. The third kappa shape index (κ3) is 4.73.